The van der Waals surface area contributed by atoms with Crippen molar-refractivity contribution in [2.45, 2.75) is 69.4 Å². The molecule has 184 valence electrons. The third-order valence-corrected chi connectivity index (χ3v) is 8.07. The lowest BCUT2D eigenvalue weighted by molar-refractivity contribution is -0.117. The second kappa shape index (κ2) is 9.54. The fraction of sp³-hybridized carbons (Fsp3) is 0.542. The van der Waals surface area contributed by atoms with Gasteiger partial charge in [0.2, 0.25) is 11.9 Å². The van der Waals surface area contributed by atoms with Gasteiger partial charge < -0.3 is 20.3 Å². The van der Waals surface area contributed by atoms with E-state index in [9.17, 15) is 4.79 Å². The zero-order chi connectivity index (χ0) is 23.8. The summed E-state index contributed by atoms with van der Waals surface area (Å²) in [5.74, 6) is 2.56. The Bertz CT molecular complexity index is 1190. The van der Waals surface area contributed by atoms with E-state index in [1.54, 1.807) is 13.3 Å². The van der Waals surface area contributed by atoms with Crippen LogP contribution in [0.25, 0.3) is 0 Å². The molecular weight excluding hydrogens is 464 g/mol. The van der Waals surface area contributed by atoms with Crippen molar-refractivity contribution in [2.75, 3.05) is 29.2 Å². The number of aromatic nitrogens is 5. The van der Waals surface area contributed by atoms with Gasteiger partial charge in [-0.3, -0.25) is 9.89 Å². The summed E-state index contributed by atoms with van der Waals surface area (Å²) in [6.07, 6.45) is 10.1. The van der Waals surface area contributed by atoms with Crippen LogP contribution in [0.15, 0.2) is 17.6 Å². The summed E-state index contributed by atoms with van der Waals surface area (Å²) < 4.78 is 5.63. The van der Waals surface area contributed by atoms with Gasteiger partial charge in [-0.25, -0.2) is 9.97 Å². The molecule has 4 heterocycles. The predicted molar refractivity (Wildman–Crippen MR) is 134 cm³/mol. The van der Waals surface area contributed by atoms with Gasteiger partial charge in [-0.1, -0.05) is 12.8 Å². The molecule has 1 saturated carbocycles. The van der Waals surface area contributed by atoms with Crippen molar-refractivity contribution in [3.05, 3.63) is 34.6 Å². The van der Waals surface area contributed by atoms with Crippen LogP contribution in [0.5, 0.6) is 0 Å². The predicted octanol–water partition coefficient (Wildman–Crippen LogP) is 3.78. The Morgan fingerprint density at radius 1 is 1.23 bits per heavy atom. The van der Waals surface area contributed by atoms with Gasteiger partial charge in [0.25, 0.3) is 0 Å². The molecule has 35 heavy (non-hydrogen) atoms. The van der Waals surface area contributed by atoms with E-state index in [0.29, 0.717) is 30.0 Å². The lowest BCUT2D eigenvalue weighted by Crippen LogP contribution is -2.40. The van der Waals surface area contributed by atoms with E-state index in [1.807, 2.05) is 10.3 Å². The fourth-order valence-corrected chi connectivity index (χ4v) is 6.06. The number of ether oxygens (including phenoxy) is 1. The minimum Gasteiger partial charge on any atom is -0.380 e. The molecule has 1 aliphatic heterocycles. The summed E-state index contributed by atoms with van der Waals surface area (Å²) in [5, 5.41) is 16.6. The number of H-pyrrole nitrogens is 1. The molecule has 11 heteroatoms. The third kappa shape index (κ3) is 4.50. The summed E-state index contributed by atoms with van der Waals surface area (Å²) in [4.78, 5) is 29.2. The number of carbonyl (C=O) groups is 1. The van der Waals surface area contributed by atoms with E-state index in [2.05, 4.69) is 31.9 Å². The number of hydrogen-bond donors (Lipinski definition) is 3. The Kier molecular flexibility index (Phi) is 6.11. The molecule has 2 aliphatic carbocycles. The van der Waals surface area contributed by atoms with E-state index in [0.717, 1.165) is 42.2 Å². The molecule has 0 unspecified atom stereocenters. The smallest absolute Gasteiger partial charge is 0.249 e. The zero-order valence-electron chi connectivity index (χ0n) is 19.8. The highest BCUT2D eigenvalue weighted by atomic mass is 32.1. The summed E-state index contributed by atoms with van der Waals surface area (Å²) in [5.41, 5.74) is 3.38. The average molecular weight is 495 g/mol. The maximum absolute atomic E-state index is 13.2. The number of nitrogens with zero attached hydrogens (tertiary/aromatic N) is 5. The highest BCUT2D eigenvalue weighted by Crippen LogP contribution is 2.36. The molecule has 3 aromatic rings. The average Bonchev–Trinajstić information content (AvgIpc) is 3.67. The standard InChI is InChI=1S/C24H30N8O2S/c1-34-15-11-19(22(33)29-24-25-9-10-35-24)32(13-15)23-26-17-8-4-7-16(17)21(28-23)27-20-12-18(30-31-20)14-5-2-3-6-14/h9-10,12,14-15,19H,2-8,11,13H2,1H3,(H,25,29,33)(H2,26,27,28,30,31)/t15-,19-/m0/s1. The first-order chi connectivity index (χ1) is 17.2. The van der Waals surface area contributed by atoms with Crippen LogP contribution in [0.4, 0.5) is 22.7 Å². The summed E-state index contributed by atoms with van der Waals surface area (Å²) in [7, 11) is 1.68. The maximum atomic E-state index is 13.2. The third-order valence-electron chi connectivity index (χ3n) is 7.38. The van der Waals surface area contributed by atoms with Gasteiger partial charge in [0.15, 0.2) is 10.9 Å². The molecule has 0 spiro atoms. The molecule has 10 nitrogen and oxygen atoms in total. The summed E-state index contributed by atoms with van der Waals surface area (Å²) in [6.45, 7) is 0.554. The van der Waals surface area contributed by atoms with E-state index in [4.69, 9.17) is 14.7 Å². The number of methoxy groups -OCH3 is 1. The molecule has 3 N–H and O–H groups in total. The Morgan fingerprint density at radius 2 is 2.11 bits per heavy atom. The number of anilines is 4. The molecule has 2 fully saturated rings. The SMILES string of the molecule is CO[C@H]1C[C@@H](C(=O)Nc2nccs2)N(c2nc3c(c(Nc4cc(C5CCCC5)[nH]n4)n2)CCC3)C1. The van der Waals surface area contributed by atoms with E-state index < -0.39 is 6.04 Å². The maximum Gasteiger partial charge on any atom is 0.249 e. The molecule has 1 saturated heterocycles. The van der Waals surface area contributed by atoms with Gasteiger partial charge in [0.05, 0.1) is 11.8 Å². The van der Waals surface area contributed by atoms with Crippen molar-refractivity contribution in [1.29, 1.82) is 0 Å². The second-order valence-corrected chi connectivity index (χ2v) is 10.4. The van der Waals surface area contributed by atoms with E-state index >= 15 is 0 Å². The normalized spacial score (nSPS) is 22.0. The number of aromatic amines is 1. The first-order valence-corrected chi connectivity index (χ1v) is 13.3. The lowest BCUT2D eigenvalue weighted by Gasteiger charge is -2.24. The number of rotatable bonds is 7. The molecular formula is C24H30N8O2S. The first-order valence-electron chi connectivity index (χ1n) is 12.4. The van der Waals surface area contributed by atoms with Gasteiger partial charge in [-0.05, 0) is 32.1 Å². The minimum absolute atomic E-state index is 0.0735. The van der Waals surface area contributed by atoms with E-state index in [-0.39, 0.29) is 12.0 Å². The Morgan fingerprint density at radius 3 is 2.91 bits per heavy atom. The van der Waals surface area contributed by atoms with E-state index in [1.165, 1.54) is 42.7 Å². The Balaban J connectivity index is 1.28. The largest absolute Gasteiger partial charge is 0.380 e. The fourth-order valence-electron chi connectivity index (χ4n) is 5.53. The molecule has 0 radical (unpaired) electrons. The van der Waals surface area contributed by atoms with Crippen LogP contribution in [0.3, 0.4) is 0 Å². The van der Waals surface area contributed by atoms with Gasteiger partial charge in [-0.2, -0.15) is 10.1 Å². The van der Waals surface area contributed by atoms with Crippen LogP contribution in [-0.4, -0.2) is 56.9 Å². The van der Waals surface area contributed by atoms with Crippen LogP contribution in [0.1, 0.15) is 61.4 Å². The molecule has 2 atom stereocenters. The quantitative estimate of drug-likeness (QED) is 0.454. The van der Waals surface area contributed by atoms with Crippen LogP contribution >= 0.6 is 11.3 Å². The van der Waals surface area contributed by atoms with Gasteiger partial charge in [0.1, 0.15) is 11.9 Å². The van der Waals surface area contributed by atoms with Crippen molar-refractivity contribution in [1.82, 2.24) is 25.1 Å². The first kappa shape index (κ1) is 22.4. The number of amides is 1. The number of aryl methyl sites for hydroxylation is 1. The van der Waals surface area contributed by atoms with Gasteiger partial charge >= 0.3 is 0 Å². The molecule has 3 aromatic heterocycles. The second-order valence-electron chi connectivity index (χ2n) is 9.55. The number of fused-ring (bicyclic) bond motifs is 1. The van der Waals surface area contributed by atoms with Crippen molar-refractivity contribution in [3.8, 4) is 0 Å². The van der Waals surface area contributed by atoms with Crippen molar-refractivity contribution >= 4 is 40.0 Å². The van der Waals surface area contributed by atoms with Crippen molar-refractivity contribution < 1.29 is 9.53 Å². The number of nitrogens with one attached hydrogen (secondary N) is 3. The summed E-state index contributed by atoms with van der Waals surface area (Å²) in [6, 6.07) is 1.68. The molecule has 1 amide bonds. The van der Waals surface area contributed by atoms with Crippen LogP contribution < -0.4 is 15.5 Å². The van der Waals surface area contributed by atoms with Gasteiger partial charge in [-0.15, -0.1) is 11.3 Å². The monoisotopic (exact) mass is 494 g/mol. The van der Waals surface area contributed by atoms with Crippen molar-refractivity contribution in [3.63, 3.8) is 0 Å². The lowest BCUT2D eigenvalue weighted by atomic mass is 10.0. The minimum atomic E-state index is -0.435. The van der Waals surface area contributed by atoms with Gasteiger partial charge in [0, 0.05) is 54.9 Å². The topological polar surface area (TPSA) is 121 Å². The Labute approximate surface area is 207 Å². The molecule has 0 aromatic carbocycles. The van der Waals surface area contributed by atoms with Crippen LogP contribution in [0, 0.1) is 0 Å². The van der Waals surface area contributed by atoms with Crippen LogP contribution in [-0.2, 0) is 22.4 Å². The van der Waals surface area contributed by atoms with Crippen LogP contribution in [0.2, 0.25) is 0 Å². The highest BCUT2D eigenvalue weighted by molar-refractivity contribution is 7.13. The molecule has 0 bridgehead atoms. The number of hydrogen-bond acceptors (Lipinski definition) is 9. The van der Waals surface area contributed by atoms with Crippen molar-refractivity contribution in [2.24, 2.45) is 0 Å². The Hall–Kier alpha value is -3.05. The highest BCUT2D eigenvalue weighted by Gasteiger charge is 2.39. The zero-order valence-corrected chi connectivity index (χ0v) is 20.6. The molecule has 6 rings (SSSR count). The number of thiazole rings is 1. The summed E-state index contributed by atoms with van der Waals surface area (Å²) >= 11 is 1.40. The molecule has 3 aliphatic rings. The number of carbonyl (C=O) groups excluding carboxylic acids is 1.